The Labute approximate surface area is 101 Å². The van der Waals surface area contributed by atoms with Crippen molar-refractivity contribution in [3.05, 3.63) is 36.0 Å². The maximum absolute atomic E-state index is 11.4. The summed E-state index contributed by atoms with van der Waals surface area (Å²) in [5.74, 6) is -1.65. The van der Waals surface area contributed by atoms with Crippen molar-refractivity contribution in [3.8, 4) is 0 Å². The summed E-state index contributed by atoms with van der Waals surface area (Å²) in [7, 11) is 0. The van der Waals surface area contributed by atoms with Crippen molar-refractivity contribution >= 4 is 11.9 Å². The number of carbonyl (C=O) groups is 2. The molecule has 0 saturated heterocycles. The normalized spacial score (nSPS) is 11.5. The highest BCUT2D eigenvalue weighted by Crippen LogP contribution is 2.04. The van der Waals surface area contributed by atoms with Gasteiger partial charge in [-0.3, -0.25) is 0 Å². The highest BCUT2D eigenvalue weighted by molar-refractivity contribution is 5.94. The monoisotopic (exact) mass is 238 g/mol. The molecule has 0 aliphatic rings. The number of carboxylic acid groups (broad SMARTS) is 1. The number of ether oxygens (including phenoxy) is 1. The molecule has 0 spiro atoms. The van der Waals surface area contributed by atoms with E-state index in [1.165, 1.54) is 13.0 Å². The molecule has 0 aliphatic heterocycles. The second-order valence-corrected chi connectivity index (χ2v) is 3.50. The molecule has 0 aliphatic carbocycles. The molecule has 4 nitrogen and oxygen atoms in total. The molecule has 4 heteroatoms. The van der Waals surface area contributed by atoms with E-state index in [1.54, 1.807) is 0 Å². The van der Waals surface area contributed by atoms with Gasteiger partial charge in [-0.2, -0.15) is 0 Å². The number of aliphatic carboxylic acids is 1. The van der Waals surface area contributed by atoms with Gasteiger partial charge < -0.3 is 9.84 Å². The predicted molar refractivity (Wildman–Crippen MR) is 65.5 cm³/mol. The summed E-state index contributed by atoms with van der Waals surface area (Å²) >= 11 is 0. The molecular weight excluding hydrogens is 220 g/mol. The van der Waals surface area contributed by atoms with E-state index in [-0.39, 0.29) is 11.1 Å². The maximum Gasteiger partial charge on any atom is 0.337 e. The van der Waals surface area contributed by atoms with E-state index in [4.69, 9.17) is 9.84 Å². The van der Waals surface area contributed by atoms with Gasteiger partial charge in [-0.15, -0.1) is 0 Å². The van der Waals surface area contributed by atoms with Crippen LogP contribution in [0.25, 0.3) is 0 Å². The SMILES string of the molecule is C=C(C=C(C)C(=O)O)C(=O)OCCCC=CC. The predicted octanol–water partition coefficient (Wildman–Crippen LogP) is 2.47. The molecule has 94 valence electrons. The number of hydrogen-bond donors (Lipinski definition) is 1. The van der Waals surface area contributed by atoms with Crippen LogP contribution < -0.4 is 0 Å². The fraction of sp³-hybridized carbons (Fsp3) is 0.385. The zero-order valence-electron chi connectivity index (χ0n) is 10.2. The summed E-state index contributed by atoms with van der Waals surface area (Å²) < 4.78 is 4.92. The highest BCUT2D eigenvalue weighted by Gasteiger charge is 2.08. The molecule has 0 radical (unpaired) electrons. The van der Waals surface area contributed by atoms with Crippen LogP contribution in [0.2, 0.25) is 0 Å². The van der Waals surface area contributed by atoms with Gasteiger partial charge in [0.2, 0.25) is 0 Å². The Bertz CT molecular complexity index is 350. The maximum atomic E-state index is 11.4. The summed E-state index contributed by atoms with van der Waals surface area (Å²) in [6.07, 6.45) is 6.71. The van der Waals surface area contributed by atoms with Crippen molar-refractivity contribution in [2.75, 3.05) is 6.61 Å². The summed E-state index contributed by atoms with van der Waals surface area (Å²) in [5.41, 5.74) is 0.108. The Morgan fingerprint density at radius 1 is 1.41 bits per heavy atom. The standard InChI is InChI=1S/C13H18O4/c1-4-5-6-7-8-17-13(16)11(3)9-10(2)12(14)15/h4-5,9H,3,6-8H2,1-2H3,(H,14,15). The Morgan fingerprint density at radius 3 is 2.59 bits per heavy atom. The van der Waals surface area contributed by atoms with E-state index in [1.807, 2.05) is 19.1 Å². The van der Waals surface area contributed by atoms with Crippen LogP contribution in [0.3, 0.4) is 0 Å². The molecule has 1 N–H and O–H groups in total. The molecule has 0 atom stereocenters. The van der Waals surface area contributed by atoms with Gasteiger partial charge in [-0.1, -0.05) is 18.7 Å². The van der Waals surface area contributed by atoms with Gasteiger partial charge >= 0.3 is 11.9 Å². The van der Waals surface area contributed by atoms with Gasteiger partial charge in [0, 0.05) is 5.57 Å². The van der Waals surface area contributed by atoms with E-state index in [2.05, 4.69) is 6.58 Å². The van der Waals surface area contributed by atoms with Crippen LogP contribution in [0, 0.1) is 0 Å². The van der Waals surface area contributed by atoms with Crippen molar-refractivity contribution in [1.29, 1.82) is 0 Å². The average Bonchev–Trinajstić information content (AvgIpc) is 2.28. The third kappa shape index (κ3) is 7.11. The molecule has 0 aromatic heterocycles. The highest BCUT2D eigenvalue weighted by atomic mass is 16.5. The van der Waals surface area contributed by atoms with Crippen LogP contribution >= 0.6 is 0 Å². The summed E-state index contributed by atoms with van der Waals surface area (Å²) in [6, 6.07) is 0. The van der Waals surface area contributed by atoms with Gasteiger partial charge in [0.25, 0.3) is 0 Å². The van der Waals surface area contributed by atoms with Crippen molar-refractivity contribution in [1.82, 2.24) is 0 Å². The molecule has 0 aromatic rings. The molecule has 17 heavy (non-hydrogen) atoms. The smallest absolute Gasteiger partial charge is 0.337 e. The minimum Gasteiger partial charge on any atom is -0.478 e. The third-order valence-electron chi connectivity index (χ3n) is 1.97. The second kappa shape index (κ2) is 8.33. The number of allylic oxidation sites excluding steroid dienone is 2. The summed E-state index contributed by atoms with van der Waals surface area (Å²) in [4.78, 5) is 21.9. The van der Waals surface area contributed by atoms with E-state index < -0.39 is 11.9 Å². The molecule has 0 amide bonds. The van der Waals surface area contributed by atoms with Gasteiger partial charge in [-0.05, 0) is 32.8 Å². The molecule has 0 saturated carbocycles. The van der Waals surface area contributed by atoms with Crippen LogP contribution in [-0.2, 0) is 14.3 Å². The van der Waals surface area contributed by atoms with Crippen molar-refractivity contribution in [3.63, 3.8) is 0 Å². The van der Waals surface area contributed by atoms with Crippen LogP contribution in [-0.4, -0.2) is 23.7 Å². The minimum atomic E-state index is -1.08. The number of carbonyl (C=O) groups excluding carboxylic acids is 1. The van der Waals surface area contributed by atoms with Crippen molar-refractivity contribution in [2.24, 2.45) is 0 Å². The first kappa shape index (κ1) is 15.2. The Balaban J connectivity index is 4.03. The average molecular weight is 238 g/mol. The van der Waals surface area contributed by atoms with Gasteiger partial charge in [0.15, 0.2) is 0 Å². The first-order valence-corrected chi connectivity index (χ1v) is 5.37. The molecular formula is C13H18O4. The van der Waals surface area contributed by atoms with Gasteiger partial charge in [-0.25, -0.2) is 9.59 Å². The number of unbranched alkanes of at least 4 members (excludes halogenated alkanes) is 1. The lowest BCUT2D eigenvalue weighted by atomic mass is 10.2. The van der Waals surface area contributed by atoms with E-state index >= 15 is 0 Å². The molecule has 0 heterocycles. The Kier molecular flexibility index (Phi) is 7.43. The van der Waals surface area contributed by atoms with E-state index in [0.717, 1.165) is 12.8 Å². The lowest BCUT2D eigenvalue weighted by Crippen LogP contribution is -2.08. The van der Waals surface area contributed by atoms with Gasteiger partial charge in [0.1, 0.15) is 0 Å². The van der Waals surface area contributed by atoms with Crippen LogP contribution in [0.5, 0.6) is 0 Å². The second-order valence-electron chi connectivity index (χ2n) is 3.50. The number of carboxylic acids is 1. The molecule has 0 unspecified atom stereocenters. The van der Waals surface area contributed by atoms with Crippen molar-refractivity contribution in [2.45, 2.75) is 26.7 Å². The Hall–Kier alpha value is -1.84. The van der Waals surface area contributed by atoms with Crippen LogP contribution in [0.1, 0.15) is 26.7 Å². The first-order chi connectivity index (χ1) is 7.99. The molecule has 0 aromatic carbocycles. The summed E-state index contributed by atoms with van der Waals surface area (Å²) in [5, 5.41) is 8.62. The van der Waals surface area contributed by atoms with E-state index in [9.17, 15) is 9.59 Å². The van der Waals surface area contributed by atoms with Crippen molar-refractivity contribution < 1.29 is 19.4 Å². The largest absolute Gasteiger partial charge is 0.478 e. The third-order valence-corrected chi connectivity index (χ3v) is 1.97. The first-order valence-electron chi connectivity index (χ1n) is 5.37. The van der Waals surface area contributed by atoms with Crippen LogP contribution in [0.4, 0.5) is 0 Å². The molecule has 0 fully saturated rings. The van der Waals surface area contributed by atoms with E-state index in [0.29, 0.717) is 6.61 Å². The fourth-order valence-electron chi connectivity index (χ4n) is 1.01. The minimum absolute atomic E-state index is 0.0518. The quantitative estimate of drug-likeness (QED) is 0.243. The summed E-state index contributed by atoms with van der Waals surface area (Å²) in [6.45, 7) is 7.09. The number of esters is 1. The lowest BCUT2D eigenvalue weighted by molar-refractivity contribution is -0.138. The molecule has 0 bridgehead atoms. The topological polar surface area (TPSA) is 63.6 Å². The number of rotatable bonds is 7. The van der Waals surface area contributed by atoms with Crippen LogP contribution in [0.15, 0.2) is 36.0 Å². The lowest BCUT2D eigenvalue weighted by Gasteiger charge is -2.03. The zero-order valence-corrected chi connectivity index (χ0v) is 10.2. The van der Waals surface area contributed by atoms with Gasteiger partial charge in [0.05, 0.1) is 12.2 Å². The number of hydrogen-bond acceptors (Lipinski definition) is 3. The molecule has 0 rings (SSSR count). The zero-order chi connectivity index (χ0) is 13.3. The Morgan fingerprint density at radius 2 is 2.06 bits per heavy atom. The fourth-order valence-corrected chi connectivity index (χ4v) is 1.01.